The van der Waals surface area contributed by atoms with Gasteiger partial charge in [0.15, 0.2) is 9.84 Å². The summed E-state index contributed by atoms with van der Waals surface area (Å²) < 4.78 is 23.1. The molecule has 3 nitrogen and oxygen atoms in total. The fourth-order valence-corrected chi connectivity index (χ4v) is 5.32. The van der Waals surface area contributed by atoms with Crippen LogP contribution in [0.5, 0.6) is 0 Å². The van der Waals surface area contributed by atoms with E-state index in [4.69, 9.17) is 0 Å². The van der Waals surface area contributed by atoms with Crippen LogP contribution in [0.25, 0.3) is 0 Å². The molecular formula is C12H23NO2S. The Kier molecular flexibility index (Phi) is 3.90. The lowest BCUT2D eigenvalue weighted by atomic mass is 9.82. The molecule has 2 rings (SSSR count). The molecule has 0 aromatic carbocycles. The smallest absolute Gasteiger partial charge is 0.150 e. The van der Waals surface area contributed by atoms with E-state index in [2.05, 4.69) is 5.32 Å². The van der Waals surface area contributed by atoms with Crippen LogP contribution in [-0.2, 0) is 9.84 Å². The van der Waals surface area contributed by atoms with Crippen molar-refractivity contribution in [2.75, 3.05) is 18.6 Å². The van der Waals surface area contributed by atoms with Gasteiger partial charge in [-0.25, -0.2) is 8.42 Å². The largest absolute Gasteiger partial charge is 0.317 e. The van der Waals surface area contributed by atoms with Gasteiger partial charge in [-0.05, 0) is 38.1 Å². The van der Waals surface area contributed by atoms with Gasteiger partial charge in [0.25, 0.3) is 0 Å². The van der Waals surface area contributed by atoms with E-state index in [9.17, 15) is 8.42 Å². The van der Waals surface area contributed by atoms with Crippen molar-refractivity contribution in [1.29, 1.82) is 0 Å². The lowest BCUT2D eigenvalue weighted by Crippen LogP contribution is -2.37. The Balaban J connectivity index is 2.05. The topological polar surface area (TPSA) is 46.2 Å². The molecule has 0 amide bonds. The molecule has 0 bridgehead atoms. The Bertz CT molecular complexity index is 326. The highest BCUT2D eigenvalue weighted by atomic mass is 32.2. The zero-order valence-corrected chi connectivity index (χ0v) is 10.9. The SMILES string of the molecule is CNC1CCCCCC1C1CCS(=O)(=O)C1. The van der Waals surface area contributed by atoms with Gasteiger partial charge in [-0.15, -0.1) is 0 Å². The number of hydrogen-bond acceptors (Lipinski definition) is 3. The van der Waals surface area contributed by atoms with E-state index in [0.717, 1.165) is 6.42 Å². The van der Waals surface area contributed by atoms with Crippen molar-refractivity contribution in [1.82, 2.24) is 5.32 Å². The predicted molar refractivity (Wildman–Crippen MR) is 66.2 cm³/mol. The molecule has 16 heavy (non-hydrogen) atoms. The summed E-state index contributed by atoms with van der Waals surface area (Å²) in [6, 6.07) is 0.542. The van der Waals surface area contributed by atoms with E-state index >= 15 is 0 Å². The Labute approximate surface area is 98.9 Å². The third-order valence-corrected chi connectivity index (χ3v) is 6.11. The van der Waals surface area contributed by atoms with Gasteiger partial charge in [0.05, 0.1) is 11.5 Å². The normalized spacial score (nSPS) is 39.4. The van der Waals surface area contributed by atoms with E-state index < -0.39 is 9.84 Å². The van der Waals surface area contributed by atoms with Gasteiger partial charge in [-0.2, -0.15) is 0 Å². The molecule has 4 heteroatoms. The van der Waals surface area contributed by atoms with Crippen LogP contribution in [-0.4, -0.2) is 33.0 Å². The molecule has 0 radical (unpaired) electrons. The lowest BCUT2D eigenvalue weighted by Gasteiger charge is -2.29. The molecule has 2 aliphatic rings. The third-order valence-electron chi connectivity index (χ3n) is 4.31. The van der Waals surface area contributed by atoms with E-state index in [1.54, 1.807) is 0 Å². The zero-order valence-electron chi connectivity index (χ0n) is 10.1. The maximum absolute atomic E-state index is 11.5. The summed E-state index contributed by atoms with van der Waals surface area (Å²) in [6.45, 7) is 0. The van der Waals surface area contributed by atoms with Crippen molar-refractivity contribution < 1.29 is 8.42 Å². The van der Waals surface area contributed by atoms with Crippen LogP contribution in [0.4, 0.5) is 0 Å². The maximum Gasteiger partial charge on any atom is 0.150 e. The molecule has 1 N–H and O–H groups in total. The van der Waals surface area contributed by atoms with E-state index in [-0.39, 0.29) is 0 Å². The van der Waals surface area contributed by atoms with Crippen molar-refractivity contribution in [2.24, 2.45) is 11.8 Å². The first-order chi connectivity index (χ1) is 7.62. The molecule has 1 aliphatic heterocycles. The van der Waals surface area contributed by atoms with Gasteiger partial charge < -0.3 is 5.32 Å². The predicted octanol–water partition coefficient (Wildman–Crippen LogP) is 1.59. The van der Waals surface area contributed by atoms with Crippen molar-refractivity contribution >= 4 is 9.84 Å². The van der Waals surface area contributed by atoms with Crippen molar-refractivity contribution in [3.05, 3.63) is 0 Å². The van der Waals surface area contributed by atoms with Gasteiger partial charge in [0.2, 0.25) is 0 Å². The molecule has 2 fully saturated rings. The van der Waals surface area contributed by atoms with Gasteiger partial charge in [-0.1, -0.05) is 19.3 Å². The molecule has 0 aromatic heterocycles. The Hall–Kier alpha value is -0.0900. The highest BCUT2D eigenvalue weighted by Gasteiger charge is 2.37. The first-order valence-corrected chi connectivity index (χ1v) is 8.32. The molecule has 1 saturated heterocycles. The lowest BCUT2D eigenvalue weighted by molar-refractivity contribution is 0.261. The van der Waals surface area contributed by atoms with Crippen molar-refractivity contribution in [3.63, 3.8) is 0 Å². The fourth-order valence-electron chi connectivity index (χ4n) is 3.42. The standard InChI is InChI=1S/C12H23NO2S/c1-13-12-6-4-2-3-5-11(12)10-7-8-16(14,15)9-10/h10-13H,2-9H2,1H3. The van der Waals surface area contributed by atoms with Crippen LogP contribution >= 0.6 is 0 Å². The summed E-state index contributed by atoms with van der Waals surface area (Å²) in [5.41, 5.74) is 0. The molecule has 1 aliphatic carbocycles. The molecule has 0 aromatic rings. The molecule has 94 valence electrons. The number of hydrogen-bond donors (Lipinski definition) is 1. The van der Waals surface area contributed by atoms with Crippen molar-refractivity contribution in [3.8, 4) is 0 Å². The quantitative estimate of drug-likeness (QED) is 0.752. The van der Waals surface area contributed by atoms with E-state index in [1.165, 1.54) is 32.1 Å². The molecule has 3 atom stereocenters. The van der Waals surface area contributed by atoms with Gasteiger partial charge in [0, 0.05) is 6.04 Å². The van der Waals surface area contributed by atoms with Gasteiger partial charge >= 0.3 is 0 Å². The van der Waals surface area contributed by atoms with Gasteiger partial charge in [0.1, 0.15) is 0 Å². The number of sulfone groups is 1. The summed E-state index contributed by atoms with van der Waals surface area (Å²) in [4.78, 5) is 0. The van der Waals surface area contributed by atoms with Crippen LogP contribution < -0.4 is 5.32 Å². The third kappa shape index (κ3) is 2.77. The Morgan fingerprint density at radius 3 is 2.44 bits per heavy atom. The van der Waals surface area contributed by atoms with E-state index in [0.29, 0.717) is 29.4 Å². The molecular weight excluding hydrogens is 222 g/mol. The first kappa shape index (κ1) is 12.4. The monoisotopic (exact) mass is 245 g/mol. The summed E-state index contributed by atoms with van der Waals surface area (Å²) in [5.74, 6) is 1.87. The average molecular weight is 245 g/mol. The minimum atomic E-state index is -2.72. The summed E-state index contributed by atoms with van der Waals surface area (Å²) in [6.07, 6.45) is 7.21. The molecule has 1 saturated carbocycles. The molecule has 0 spiro atoms. The Morgan fingerprint density at radius 2 is 1.81 bits per heavy atom. The fraction of sp³-hybridized carbons (Fsp3) is 1.00. The second kappa shape index (κ2) is 5.05. The summed E-state index contributed by atoms with van der Waals surface area (Å²) >= 11 is 0. The average Bonchev–Trinajstić information content (AvgIpc) is 2.50. The van der Waals surface area contributed by atoms with Crippen LogP contribution in [0.3, 0.4) is 0 Å². The van der Waals surface area contributed by atoms with Crippen LogP contribution in [0, 0.1) is 11.8 Å². The number of rotatable bonds is 2. The van der Waals surface area contributed by atoms with Crippen LogP contribution in [0.15, 0.2) is 0 Å². The molecule has 1 heterocycles. The maximum atomic E-state index is 11.5. The Morgan fingerprint density at radius 1 is 1.06 bits per heavy atom. The van der Waals surface area contributed by atoms with Crippen LogP contribution in [0.1, 0.15) is 38.5 Å². The summed E-state index contributed by atoms with van der Waals surface area (Å²) in [7, 11) is -0.696. The minimum Gasteiger partial charge on any atom is -0.317 e. The second-order valence-electron chi connectivity index (χ2n) is 5.36. The van der Waals surface area contributed by atoms with E-state index in [1.807, 2.05) is 7.05 Å². The first-order valence-electron chi connectivity index (χ1n) is 6.50. The highest BCUT2D eigenvalue weighted by molar-refractivity contribution is 7.91. The number of nitrogens with one attached hydrogen (secondary N) is 1. The second-order valence-corrected chi connectivity index (χ2v) is 7.59. The highest BCUT2D eigenvalue weighted by Crippen LogP contribution is 2.35. The minimum absolute atomic E-state index is 0.417. The van der Waals surface area contributed by atoms with Crippen molar-refractivity contribution in [2.45, 2.75) is 44.6 Å². The van der Waals surface area contributed by atoms with Crippen LogP contribution in [0.2, 0.25) is 0 Å². The van der Waals surface area contributed by atoms with Gasteiger partial charge in [-0.3, -0.25) is 0 Å². The zero-order chi connectivity index (χ0) is 11.6. The summed E-state index contributed by atoms with van der Waals surface area (Å²) in [5, 5.41) is 3.40. The molecule has 3 unspecified atom stereocenters.